The van der Waals surface area contributed by atoms with Crippen molar-refractivity contribution >= 4 is 17.1 Å². The summed E-state index contributed by atoms with van der Waals surface area (Å²) in [6, 6.07) is 0.530. The number of hydrogen-bond donors (Lipinski definition) is 0. The van der Waals surface area contributed by atoms with Crippen LogP contribution in [0.3, 0.4) is 0 Å². The van der Waals surface area contributed by atoms with Crippen LogP contribution in [0.1, 0.15) is 53.2 Å². The van der Waals surface area contributed by atoms with Gasteiger partial charge >= 0.3 is 0 Å². The Hall–Kier alpha value is -0.780. The minimum Gasteiger partial charge on any atom is -0.368 e. The maximum absolute atomic E-state index is 11.9. The minimum atomic E-state index is 0.0412. The van der Waals surface area contributed by atoms with Crippen molar-refractivity contribution in [3.8, 4) is 0 Å². The van der Waals surface area contributed by atoms with E-state index in [4.69, 9.17) is 4.74 Å². The number of aromatic nitrogens is 1. The predicted molar refractivity (Wildman–Crippen MR) is 74.8 cm³/mol. The van der Waals surface area contributed by atoms with Gasteiger partial charge in [-0.25, -0.2) is 4.98 Å². The fourth-order valence-electron chi connectivity index (χ4n) is 2.71. The highest BCUT2D eigenvalue weighted by atomic mass is 32.1. The molecule has 5 heteroatoms. The Morgan fingerprint density at radius 1 is 1.42 bits per heavy atom. The van der Waals surface area contributed by atoms with Crippen LogP contribution in [0.25, 0.3) is 0 Å². The van der Waals surface area contributed by atoms with Gasteiger partial charge in [-0.2, -0.15) is 0 Å². The number of nitrogens with zero attached hydrogens (tertiary/aromatic N) is 2. The Kier molecular flexibility index (Phi) is 3.69. The lowest BCUT2D eigenvalue weighted by atomic mass is 10.0. The summed E-state index contributed by atoms with van der Waals surface area (Å²) < 4.78 is 5.85. The van der Waals surface area contributed by atoms with Crippen LogP contribution in [0.4, 0.5) is 0 Å². The van der Waals surface area contributed by atoms with Gasteiger partial charge in [0.25, 0.3) is 0 Å². The average Bonchev–Trinajstić information content (AvgIpc) is 2.84. The first kappa shape index (κ1) is 13.2. The molecule has 1 aromatic heterocycles. The third-order valence-electron chi connectivity index (χ3n) is 3.89. The van der Waals surface area contributed by atoms with Gasteiger partial charge in [-0.05, 0) is 26.7 Å². The van der Waals surface area contributed by atoms with E-state index in [1.54, 1.807) is 11.3 Å². The minimum absolute atomic E-state index is 0.0412. The third kappa shape index (κ3) is 2.59. The van der Waals surface area contributed by atoms with Crippen LogP contribution in [0.5, 0.6) is 0 Å². The normalized spacial score (nSPS) is 24.8. The summed E-state index contributed by atoms with van der Waals surface area (Å²) in [7, 11) is 0. The molecule has 0 bridgehead atoms. The first-order chi connectivity index (χ1) is 9.15. The lowest BCUT2D eigenvalue weighted by Gasteiger charge is -2.34. The van der Waals surface area contributed by atoms with E-state index in [0.717, 1.165) is 48.1 Å². The van der Waals surface area contributed by atoms with Crippen molar-refractivity contribution in [1.29, 1.82) is 0 Å². The summed E-state index contributed by atoms with van der Waals surface area (Å²) in [5, 5.41) is 0.991. The van der Waals surface area contributed by atoms with E-state index in [1.165, 1.54) is 0 Å². The number of Topliss-reactive ketones (excluding diaryl/α,β-unsaturated/α-hetero) is 1. The average molecular weight is 280 g/mol. The molecule has 0 saturated carbocycles. The van der Waals surface area contributed by atoms with E-state index in [1.807, 2.05) is 0 Å². The highest BCUT2D eigenvalue weighted by molar-refractivity contribution is 7.14. The van der Waals surface area contributed by atoms with Gasteiger partial charge in [-0.15, -0.1) is 11.3 Å². The summed E-state index contributed by atoms with van der Waals surface area (Å²) >= 11 is 1.55. The van der Waals surface area contributed by atoms with Crippen LogP contribution in [-0.4, -0.2) is 41.4 Å². The molecule has 3 rings (SSSR count). The number of aryl methyl sites for hydroxylation is 1. The molecule has 1 aliphatic heterocycles. The quantitative estimate of drug-likeness (QED) is 0.834. The summed E-state index contributed by atoms with van der Waals surface area (Å²) in [4.78, 5) is 19.8. The fraction of sp³-hybridized carbons (Fsp3) is 0.714. The second-order valence-electron chi connectivity index (χ2n) is 5.55. The number of carbonyl (C=O) groups excluding carboxylic acids is 1. The number of rotatable bonds is 2. The topological polar surface area (TPSA) is 42.4 Å². The van der Waals surface area contributed by atoms with E-state index >= 15 is 0 Å². The standard InChI is InChI=1S/C14H20N2O2S/c1-9(2)16-6-7-18-12(8-16)14-15-10-4-3-5-11(17)13(10)19-14/h9,12H,3-8H2,1-2H3. The molecule has 0 amide bonds. The number of carbonyl (C=O) groups is 1. The lowest BCUT2D eigenvalue weighted by molar-refractivity contribution is -0.0403. The van der Waals surface area contributed by atoms with Crippen LogP contribution in [0.15, 0.2) is 0 Å². The Bertz CT molecular complexity index is 484. The first-order valence-corrected chi connectivity index (χ1v) is 7.85. The van der Waals surface area contributed by atoms with Crippen molar-refractivity contribution in [2.24, 2.45) is 0 Å². The van der Waals surface area contributed by atoms with Crippen molar-refractivity contribution in [1.82, 2.24) is 9.88 Å². The van der Waals surface area contributed by atoms with Gasteiger partial charge in [0.05, 0.1) is 17.2 Å². The number of ether oxygens (including phenoxy) is 1. The second kappa shape index (κ2) is 5.31. The molecule has 0 aromatic carbocycles. The Balaban J connectivity index is 1.80. The Morgan fingerprint density at radius 2 is 2.26 bits per heavy atom. The number of thiazole rings is 1. The maximum atomic E-state index is 11.9. The van der Waals surface area contributed by atoms with E-state index in [2.05, 4.69) is 23.7 Å². The van der Waals surface area contributed by atoms with Gasteiger partial charge in [0, 0.05) is 25.6 Å². The zero-order chi connectivity index (χ0) is 13.4. The van der Waals surface area contributed by atoms with Gasteiger partial charge in [0.2, 0.25) is 0 Å². The van der Waals surface area contributed by atoms with Crippen LogP contribution < -0.4 is 0 Å². The van der Waals surface area contributed by atoms with E-state index in [0.29, 0.717) is 12.5 Å². The summed E-state index contributed by atoms with van der Waals surface area (Å²) in [6.07, 6.45) is 2.61. The molecule has 0 spiro atoms. The van der Waals surface area contributed by atoms with Gasteiger partial charge in [-0.3, -0.25) is 9.69 Å². The SMILES string of the molecule is CC(C)N1CCOC(c2nc3c(s2)C(=O)CCC3)C1. The highest BCUT2D eigenvalue weighted by Crippen LogP contribution is 2.32. The molecule has 0 N–H and O–H groups in total. The highest BCUT2D eigenvalue weighted by Gasteiger charge is 2.29. The molecule has 1 fully saturated rings. The molecule has 1 unspecified atom stereocenters. The summed E-state index contributed by atoms with van der Waals surface area (Å²) in [6.45, 7) is 7.04. The molecule has 1 aliphatic carbocycles. The number of hydrogen-bond acceptors (Lipinski definition) is 5. The maximum Gasteiger partial charge on any atom is 0.174 e. The van der Waals surface area contributed by atoms with E-state index in [9.17, 15) is 4.79 Å². The third-order valence-corrected chi connectivity index (χ3v) is 5.12. The molecule has 2 aliphatic rings. The van der Waals surface area contributed by atoms with Crippen LogP contribution in [-0.2, 0) is 11.2 Å². The smallest absolute Gasteiger partial charge is 0.174 e. The van der Waals surface area contributed by atoms with E-state index < -0.39 is 0 Å². The van der Waals surface area contributed by atoms with Gasteiger partial charge < -0.3 is 4.74 Å². The molecular weight excluding hydrogens is 260 g/mol. The van der Waals surface area contributed by atoms with Gasteiger partial charge in [0.15, 0.2) is 5.78 Å². The van der Waals surface area contributed by atoms with Gasteiger partial charge in [-0.1, -0.05) is 0 Å². The van der Waals surface area contributed by atoms with Crippen LogP contribution in [0, 0.1) is 0 Å². The van der Waals surface area contributed by atoms with E-state index in [-0.39, 0.29) is 11.9 Å². The fourth-order valence-corrected chi connectivity index (χ4v) is 3.83. The van der Waals surface area contributed by atoms with Crippen molar-refractivity contribution in [3.05, 3.63) is 15.6 Å². The number of fused-ring (bicyclic) bond motifs is 1. The van der Waals surface area contributed by atoms with Crippen molar-refractivity contribution in [2.75, 3.05) is 19.7 Å². The zero-order valence-corrected chi connectivity index (χ0v) is 12.3. The van der Waals surface area contributed by atoms with Crippen LogP contribution in [0.2, 0.25) is 0 Å². The largest absolute Gasteiger partial charge is 0.368 e. The summed E-state index contributed by atoms with van der Waals surface area (Å²) in [5.74, 6) is 0.265. The van der Waals surface area contributed by atoms with Gasteiger partial charge in [0.1, 0.15) is 11.1 Å². The summed E-state index contributed by atoms with van der Waals surface area (Å²) in [5.41, 5.74) is 1.00. The molecule has 104 valence electrons. The molecule has 2 heterocycles. The number of ketones is 1. The van der Waals surface area contributed by atoms with Crippen molar-refractivity contribution in [2.45, 2.75) is 45.3 Å². The Labute approximate surface area is 117 Å². The Morgan fingerprint density at radius 3 is 3.00 bits per heavy atom. The first-order valence-electron chi connectivity index (χ1n) is 7.03. The molecule has 0 radical (unpaired) electrons. The van der Waals surface area contributed by atoms with Crippen LogP contribution >= 0.6 is 11.3 Å². The van der Waals surface area contributed by atoms with Crippen molar-refractivity contribution in [3.63, 3.8) is 0 Å². The molecule has 19 heavy (non-hydrogen) atoms. The second-order valence-corrected chi connectivity index (χ2v) is 6.58. The molecule has 1 saturated heterocycles. The molecule has 4 nitrogen and oxygen atoms in total. The molecule has 1 atom stereocenters. The predicted octanol–water partition coefficient (Wildman–Crippen LogP) is 2.44. The number of morpholine rings is 1. The molecule has 1 aromatic rings. The van der Waals surface area contributed by atoms with Crippen molar-refractivity contribution < 1.29 is 9.53 Å². The monoisotopic (exact) mass is 280 g/mol. The molecular formula is C14H20N2O2S. The lowest BCUT2D eigenvalue weighted by Crippen LogP contribution is -2.42. The zero-order valence-electron chi connectivity index (χ0n) is 11.5.